The minimum absolute atomic E-state index is 0.194. The van der Waals surface area contributed by atoms with E-state index in [1.165, 1.54) is 5.52 Å². The molecule has 0 atom stereocenters. The van der Waals surface area contributed by atoms with Gasteiger partial charge in [0.15, 0.2) is 0 Å². The second kappa shape index (κ2) is 8.51. The van der Waals surface area contributed by atoms with E-state index in [0.717, 1.165) is 66.2 Å². The minimum atomic E-state index is 0.194. The van der Waals surface area contributed by atoms with Gasteiger partial charge >= 0.3 is 0 Å². The van der Waals surface area contributed by atoms with Crippen molar-refractivity contribution in [2.45, 2.75) is 32.4 Å². The number of benzene rings is 1. The molecule has 1 fully saturated rings. The van der Waals surface area contributed by atoms with Gasteiger partial charge in [0.1, 0.15) is 23.5 Å². The van der Waals surface area contributed by atoms with Crippen molar-refractivity contribution < 1.29 is 9.47 Å². The van der Waals surface area contributed by atoms with Gasteiger partial charge in [-0.05, 0) is 31.2 Å². The predicted molar refractivity (Wildman–Crippen MR) is 122 cm³/mol. The highest BCUT2D eigenvalue weighted by Gasteiger charge is 2.24. The van der Waals surface area contributed by atoms with Gasteiger partial charge in [0, 0.05) is 62.8 Å². The molecule has 1 aliphatic heterocycles. The first-order valence-electron chi connectivity index (χ1n) is 10.8. The molecule has 0 saturated carbocycles. The second-order valence-electron chi connectivity index (χ2n) is 7.98. The lowest BCUT2D eigenvalue weighted by molar-refractivity contribution is 0.173. The summed E-state index contributed by atoms with van der Waals surface area (Å²) in [6.45, 7) is 5.28. The van der Waals surface area contributed by atoms with E-state index in [1.807, 2.05) is 19.2 Å². The van der Waals surface area contributed by atoms with Crippen molar-refractivity contribution in [2.24, 2.45) is 0 Å². The van der Waals surface area contributed by atoms with E-state index in [2.05, 4.69) is 49.9 Å². The van der Waals surface area contributed by atoms with Crippen LogP contribution in [0.15, 0.2) is 48.9 Å². The maximum absolute atomic E-state index is 6.47. The van der Waals surface area contributed by atoms with E-state index < -0.39 is 0 Å². The number of aromatic nitrogens is 4. The molecule has 1 aromatic carbocycles. The number of fused-ring (bicyclic) bond motifs is 2. The molecule has 1 aliphatic rings. The second-order valence-corrected chi connectivity index (χ2v) is 7.98. The first-order valence-corrected chi connectivity index (χ1v) is 10.8. The van der Waals surface area contributed by atoms with Crippen LogP contribution in [0.1, 0.15) is 18.7 Å². The molecule has 31 heavy (non-hydrogen) atoms. The molecule has 0 unspecified atom stereocenters. The van der Waals surface area contributed by atoms with E-state index in [4.69, 9.17) is 14.5 Å². The van der Waals surface area contributed by atoms with Gasteiger partial charge in [0.05, 0.1) is 23.8 Å². The highest BCUT2D eigenvalue weighted by Crippen LogP contribution is 2.31. The summed E-state index contributed by atoms with van der Waals surface area (Å²) in [4.78, 5) is 15.8. The summed E-state index contributed by atoms with van der Waals surface area (Å²) < 4.78 is 13.9. The van der Waals surface area contributed by atoms with E-state index >= 15 is 0 Å². The van der Waals surface area contributed by atoms with Crippen molar-refractivity contribution in [3.8, 4) is 5.75 Å². The Hall–Kier alpha value is -3.19. The molecule has 0 amide bonds. The summed E-state index contributed by atoms with van der Waals surface area (Å²) >= 11 is 0. The fourth-order valence-electron chi connectivity index (χ4n) is 4.37. The van der Waals surface area contributed by atoms with Crippen molar-refractivity contribution in [3.63, 3.8) is 0 Å². The van der Waals surface area contributed by atoms with Gasteiger partial charge in [-0.2, -0.15) is 0 Å². The number of piperidine rings is 1. The molecule has 4 heterocycles. The average molecular weight is 418 g/mol. The van der Waals surface area contributed by atoms with Gasteiger partial charge in [-0.1, -0.05) is 6.07 Å². The molecule has 0 aliphatic carbocycles. The summed E-state index contributed by atoms with van der Waals surface area (Å²) in [5.41, 5.74) is 2.08. The largest absolute Gasteiger partial charge is 0.490 e. The fraction of sp³-hybridized carbons (Fsp3) is 0.375. The number of nitrogens with zero attached hydrogens (tertiary/aromatic N) is 5. The molecular formula is C24H27N5O2. The summed E-state index contributed by atoms with van der Waals surface area (Å²) in [6.07, 6.45) is 7.83. The van der Waals surface area contributed by atoms with Gasteiger partial charge in [-0.25, -0.2) is 9.97 Å². The number of ether oxygens (including phenoxy) is 2. The Bertz CT molecular complexity index is 1200. The van der Waals surface area contributed by atoms with E-state index in [1.54, 1.807) is 13.3 Å². The topological polar surface area (TPSA) is 65.3 Å². The number of hydrogen-bond acceptors (Lipinski definition) is 6. The fourth-order valence-corrected chi connectivity index (χ4v) is 4.37. The number of rotatable bonds is 6. The van der Waals surface area contributed by atoms with E-state index in [0.29, 0.717) is 6.61 Å². The predicted octanol–water partition coefficient (Wildman–Crippen LogP) is 3.98. The monoisotopic (exact) mass is 417 g/mol. The van der Waals surface area contributed by atoms with Gasteiger partial charge < -0.3 is 18.9 Å². The van der Waals surface area contributed by atoms with Gasteiger partial charge in [0.25, 0.3) is 0 Å². The van der Waals surface area contributed by atoms with Gasteiger partial charge in [-0.15, -0.1) is 0 Å². The van der Waals surface area contributed by atoms with Gasteiger partial charge in [-0.3, -0.25) is 4.98 Å². The maximum atomic E-state index is 6.47. The van der Waals surface area contributed by atoms with Crippen LogP contribution in [0.4, 0.5) is 5.82 Å². The highest BCUT2D eigenvalue weighted by atomic mass is 16.5. The Balaban J connectivity index is 1.30. The van der Waals surface area contributed by atoms with Gasteiger partial charge in [0.2, 0.25) is 0 Å². The van der Waals surface area contributed by atoms with Crippen molar-refractivity contribution >= 4 is 27.6 Å². The van der Waals surface area contributed by atoms with Crippen LogP contribution in [0.3, 0.4) is 0 Å². The zero-order valence-electron chi connectivity index (χ0n) is 18.0. The zero-order chi connectivity index (χ0) is 21.2. The molecule has 1 saturated heterocycles. The average Bonchev–Trinajstić information content (AvgIpc) is 3.22. The Labute approximate surface area is 181 Å². The molecule has 4 aromatic rings. The highest BCUT2D eigenvalue weighted by molar-refractivity contribution is 5.89. The Kier molecular flexibility index (Phi) is 5.42. The quantitative estimate of drug-likeness (QED) is 0.473. The number of pyridine rings is 1. The molecule has 7 heteroatoms. The van der Waals surface area contributed by atoms with Crippen LogP contribution in [0, 0.1) is 6.92 Å². The number of methoxy groups -OCH3 is 1. The van der Waals surface area contributed by atoms with Crippen molar-refractivity contribution in [1.29, 1.82) is 0 Å². The van der Waals surface area contributed by atoms with Crippen LogP contribution in [-0.2, 0) is 11.3 Å². The molecular weight excluding hydrogens is 390 g/mol. The summed E-state index contributed by atoms with van der Waals surface area (Å²) in [6, 6.07) is 10.4. The van der Waals surface area contributed by atoms with Crippen LogP contribution in [0.2, 0.25) is 0 Å². The minimum Gasteiger partial charge on any atom is -0.490 e. The number of anilines is 1. The smallest absolute Gasteiger partial charge is 0.140 e. The van der Waals surface area contributed by atoms with Crippen LogP contribution >= 0.6 is 0 Å². The summed E-state index contributed by atoms with van der Waals surface area (Å²) in [7, 11) is 1.73. The molecule has 7 nitrogen and oxygen atoms in total. The summed E-state index contributed by atoms with van der Waals surface area (Å²) in [5.74, 6) is 2.74. The summed E-state index contributed by atoms with van der Waals surface area (Å²) in [5, 5.41) is 2.22. The van der Waals surface area contributed by atoms with Crippen molar-refractivity contribution in [1.82, 2.24) is 19.5 Å². The van der Waals surface area contributed by atoms with Crippen molar-refractivity contribution in [3.05, 3.63) is 54.7 Å². The lowest BCUT2D eigenvalue weighted by atomic mass is 10.1. The molecule has 0 bridgehead atoms. The molecule has 0 spiro atoms. The standard InChI is InChI=1S/C24H27N5O2/c1-17-26-21-16-25-10-6-19(21)24(27-17)29-11-7-18(8-12-29)31-23-5-3-4-22-20(23)9-13-28(22)14-15-30-2/h3-6,9-10,13,16,18H,7-8,11-12,14-15H2,1-2H3. The van der Waals surface area contributed by atoms with Crippen molar-refractivity contribution in [2.75, 3.05) is 31.7 Å². The zero-order valence-corrected chi connectivity index (χ0v) is 18.0. The van der Waals surface area contributed by atoms with Crippen LogP contribution in [0.25, 0.3) is 21.8 Å². The third-order valence-corrected chi connectivity index (χ3v) is 5.94. The molecule has 0 N–H and O–H groups in total. The molecule has 3 aromatic heterocycles. The first-order chi connectivity index (χ1) is 15.2. The lowest BCUT2D eigenvalue weighted by Crippen LogP contribution is -2.39. The van der Waals surface area contributed by atoms with Crippen LogP contribution < -0.4 is 9.64 Å². The first kappa shape index (κ1) is 19.8. The third-order valence-electron chi connectivity index (χ3n) is 5.94. The normalized spacial score (nSPS) is 15.1. The van der Waals surface area contributed by atoms with E-state index in [9.17, 15) is 0 Å². The van der Waals surface area contributed by atoms with E-state index in [-0.39, 0.29) is 6.10 Å². The van der Waals surface area contributed by atoms with Crippen LogP contribution in [-0.4, -0.2) is 52.4 Å². The number of hydrogen-bond donors (Lipinski definition) is 0. The molecule has 5 rings (SSSR count). The lowest BCUT2D eigenvalue weighted by Gasteiger charge is -2.33. The third kappa shape index (κ3) is 3.93. The number of aryl methyl sites for hydroxylation is 1. The SMILES string of the molecule is COCCn1ccc2c(OC3CCN(c4nc(C)nc5cnccc45)CC3)cccc21. The Morgan fingerprint density at radius 3 is 2.77 bits per heavy atom. The molecule has 160 valence electrons. The molecule has 0 radical (unpaired) electrons. The van der Waals surface area contributed by atoms with Crippen LogP contribution in [0.5, 0.6) is 5.75 Å². The Morgan fingerprint density at radius 2 is 1.94 bits per heavy atom. The Morgan fingerprint density at radius 1 is 1.06 bits per heavy atom. The maximum Gasteiger partial charge on any atom is 0.140 e.